The van der Waals surface area contributed by atoms with Crippen LogP contribution in [0, 0.1) is 0 Å². The van der Waals surface area contributed by atoms with Gasteiger partial charge in [0, 0.05) is 0 Å². The first kappa shape index (κ1) is 13.1. The molecular weight excluding hydrogens is 268 g/mol. The molecule has 98 valence electrons. The molecule has 0 saturated carbocycles. The summed E-state index contributed by atoms with van der Waals surface area (Å²) in [5.41, 5.74) is -0.206. The lowest BCUT2D eigenvalue weighted by molar-refractivity contribution is 0.0695. The van der Waals surface area contributed by atoms with Gasteiger partial charge in [0.05, 0.1) is 0 Å². The average Bonchev–Trinajstić information content (AvgIpc) is 2.39. The zero-order valence-electron chi connectivity index (χ0n) is 9.68. The smallest absolute Gasteiger partial charge is 0.339 e. The van der Waals surface area contributed by atoms with Crippen molar-refractivity contribution in [2.24, 2.45) is 0 Å². The second-order valence-electron chi connectivity index (χ2n) is 3.65. The van der Waals surface area contributed by atoms with Crippen LogP contribution in [0.15, 0.2) is 59.5 Å². The number of hydrogen-bond donors (Lipinski definition) is 1. The molecule has 0 spiro atoms. The number of aromatic carboxylic acids is 1. The van der Waals surface area contributed by atoms with Gasteiger partial charge in [-0.15, -0.1) is 0 Å². The molecule has 2 aromatic carbocycles. The van der Waals surface area contributed by atoms with E-state index in [0.717, 1.165) is 0 Å². The van der Waals surface area contributed by atoms with Gasteiger partial charge in [0.2, 0.25) is 0 Å². The molecular formula is C13H10O5S. The Kier molecular flexibility index (Phi) is 3.52. The highest BCUT2D eigenvalue weighted by Crippen LogP contribution is 2.22. The number of carbonyl (C=O) groups is 1. The molecule has 0 heterocycles. The van der Waals surface area contributed by atoms with Crippen molar-refractivity contribution in [2.45, 2.75) is 4.90 Å². The maximum atomic E-state index is 12.0. The van der Waals surface area contributed by atoms with E-state index >= 15 is 0 Å². The van der Waals surface area contributed by atoms with Crippen molar-refractivity contribution < 1.29 is 22.5 Å². The summed E-state index contributed by atoms with van der Waals surface area (Å²) in [7, 11) is -4.03. The molecule has 0 aliphatic carbocycles. The zero-order valence-corrected chi connectivity index (χ0v) is 10.5. The minimum atomic E-state index is -4.03. The second-order valence-corrected chi connectivity index (χ2v) is 5.20. The van der Waals surface area contributed by atoms with E-state index in [2.05, 4.69) is 0 Å². The van der Waals surface area contributed by atoms with Crippen LogP contribution in [0.3, 0.4) is 0 Å². The largest absolute Gasteiger partial charge is 0.478 e. The van der Waals surface area contributed by atoms with Crippen molar-refractivity contribution in [3.63, 3.8) is 0 Å². The normalized spacial score (nSPS) is 10.9. The Balaban J connectivity index is 2.39. The highest BCUT2D eigenvalue weighted by molar-refractivity contribution is 7.87. The number of hydrogen-bond acceptors (Lipinski definition) is 4. The van der Waals surface area contributed by atoms with Crippen LogP contribution in [0.5, 0.6) is 5.75 Å². The molecule has 0 amide bonds. The third-order valence-electron chi connectivity index (χ3n) is 2.35. The monoisotopic (exact) mass is 278 g/mol. The van der Waals surface area contributed by atoms with Crippen LogP contribution in [0.25, 0.3) is 0 Å². The fourth-order valence-corrected chi connectivity index (χ4v) is 2.44. The number of rotatable bonds is 4. The van der Waals surface area contributed by atoms with Crippen molar-refractivity contribution in [3.05, 3.63) is 60.2 Å². The van der Waals surface area contributed by atoms with Gasteiger partial charge >= 0.3 is 16.1 Å². The van der Waals surface area contributed by atoms with Crippen molar-refractivity contribution in [3.8, 4) is 5.75 Å². The molecule has 0 aromatic heterocycles. The fraction of sp³-hybridized carbons (Fsp3) is 0. The van der Waals surface area contributed by atoms with Gasteiger partial charge in [-0.1, -0.05) is 30.3 Å². The summed E-state index contributed by atoms with van der Waals surface area (Å²) in [5.74, 6) is -1.46. The Labute approximate surface area is 110 Å². The molecule has 1 N–H and O–H groups in total. The van der Waals surface area contributed by atoms with E-state index in [-0.39, 0.29) is 16.2 Å². The Morgan fingerprint density at radius 3 is 2.16 bits per heavy atom. The molecule has 19 heavy (non-hydrogen) atoms. The second kappa shape index (κ2) is 5.11. The molecule has 0 bridgehead atoms. The minimum absolute atomic E-state index is 0.0322. The summed E-state index contributed by atoms with van der Waals surface area (Å²) in [5, 5.41) is 8.96. The van der Waals surface area contributed by atoms with Crippen LogP contribution in [0.4, 0.5) is 0 Å². The van der Waals surface area contributed by atoms with Crippen LogP contribution in [0.2, 0.25) is 0 Å². The van der Waals surface area contributed by atoms with Crippen molar-refractivity contribution in [1.29, 1.82) is 0 Å². The van der Waals surface area contributed by atoms with Gasteiger partial charge in [-0.25, -0.2) is 4.79 Å². The molecule has 0 atom stereocenters. The minimum Gasteiger partial charge on any atom is -0.478 e. The standard InChI is InChI=1S/C13H10O5S/c14-13(15)11-8-4-5-9-12(11)18-19(16,17)10-6-2-1-3-7-10/h1-9H,(H,14,15). The Morgan fingerprint density at radius 2 is 1.53 bits per heavy atom. The molecule has 0 aliphatic rings. The van der Waals surface area contributed by atoms with Gasteiger partial charge < -0.3 is 9.29 Å². The molecule has 2 rings (SSSR count). The van der Waals surface area contributed by atoms with Gasteiger partial charge in [-0.05, 0) is 24.3 Å². The van der Waals surface area contributed by atoms with E-state index in [1.807, 2.05) is 0 Å². The topological polar surface area (TPSA) is 80.7 Å². The first-order valence-corrected chi connectivity index (χ1v) is 6.73. The van der Waals surface area contributed by atoms with Crippen molar-refractivity contribution in [1.82, 2.24) is 0 Å². The summed E-state index contributed by atoms with van der Waals surface area (Å²) in [6.45, 7) is 0. The summed E-state index contributed by atoms with van der Waals surface area (Å²) < 4.78 is 28.8. The number of benzene rings is 2. The zero-order chi connectivity index (χ0) is 13.9. The maximum absolute atomic E-state index is 12.0. The number of para-hydroxylation sites is 1. The van der Waals surface area contributed by atoms with Gasteiger partial charge in [0.15, 0.2) is 5.75 Å². The van der Waals surface area contributed by atoms with E-state index < -0.39 is 16.1 Å². The highest BCUT2D eigenvalue weighted by Gasteiger charge is 2.20. The summed E-state index contributed by atoms with van der Waals surface area (Å²) in [6.07, 6.45) is 0. The molecule has 5 nitrogen and oxygen atoms in total. The van der Waals surface area contributed by atoms with E-state index in [9.17, 15) is 13.2 Å². The van der Waals surface area contributed by atoms with E-state index in [1.165, 1.54) is 36.4 Å². The van der Waals surface area contributed by atoms with E-state index in [0.29, 0.717) is 0 Å². The first-order chi connectivity index (χ1) is 9.00. The number of carboxylic acids is 1. The average molecular weight is 278 g/mol. The third kappa shape index (κ3) is 2.92. The van der Waals surface area contributed by atoms with Gasteiger partial charge in [-0.3, -0.25) is 0 Å². The van der Waals surface area contributed by atoms with E-state index in [1.54, 1.807) is 18.2 Å². The van der Waals surface area contributed by atoms with Crippen LogP contribution in [-0.4, -0.2) is 19.5 Å². The van der Waals surface area contributed by atoms with Crippen molar-refractivity contribution >= 4 is 16.1 Å². The van der Waals surface area contributed by atoms with E-state index in [4.69, 9.17) is 9.29 Å². The predicted molar refractivity (Wildman–Crippen MR) is 67.7 cm³/mol. The molecule has 6 heteroatoms. The molecule has 0 aliphatic heterocycles. The molecule has 0 fully saturated rings. The van der Waals surface area contributed by atoms with Gasteiger partial charge in [0.25, 0.3) is 0 Å². The Morgan fingerprint density at radius 1 is 0.947 bits per heavy atom. The maximum Gasteiger partial charge on any atom is 0.339 e. The molecule has 0 radical (unpaired) electrons. The van der Waals surface area contributed by atoms with Crippen LogP contribution in [-0.2, 0) is 10.1 Å². The third-order valence-corrected chi connectivity index (χ3v) is 3.60. The van der Waals surface area contributed by atoms with Crippen LogP contribution in [0.1, 0.15) is 10.4 Å². The Hall–Kier alpha value is -2.34. The number of carboxylic acid groups (broad SMARTS) is 1. The summed E-state index contributed by atoms with van der Waals surface area (Å²) >= 11 is 0. The quantitative estimate of drug-likeness (QED) is 0.867. The molecule has 0 unspecified atom stereocenters. The lowest BCUT2D eigenvalue weighted by atomic mass is 10.2. The lowest BCUT2D eigenvalue weighted by Gasteiger charge is -2.08. The highest BCUT2D eigenvalue weighted by atomic mass is 32.2. The lowest BCUT2D eigenvalue weighted by Crippen LogP contribution is -2.12. The molecule has 2 aromatic rings. The first-order valence-electron chi connectivity index (χ1n) is 5.32. The van der Waals surface area contributed by atoms with Crippen molar-refractivity contribution in [2.75, 3.05) is 0 Å². The molecule has 0 saturated heterocycles. The SMILES string of the molecule is O=C(O)c1ccccc1OS(=O)(=O)c1ccccc1. The van der Waals surface area contributed by atoms with Gasteiger partial charge in [-0.2, -0.15) is 8.42 Å². The Bertz CT molecular complexity index is 692. The summed E-state index contributed by atoms with van der Waals surface area (Å²) in [6, 6.07) is 13.1. The fourth-order valence-electron chi connectivity index (χ4n) is 1.47. The predicted octanol–water partition coefficient (Wildman–Crippen LogP) is 2.15. The van der Waals surface area contributed by atoms with Gasteiger partial charge in [0.1, 0.15) is 10.5 Å². The summed E-state index contributed by atoms with van der Waals surface area (Å²) in [4.78, 5) is 10.9. The van der Waals surface area contributed by atoms with Crippen LogP contribution >= 0.6 is 0 Å². The van der Waals surface area contributed by atoms with Crippen LogP contribution < -0.4 is 4.18 Å².